The Bertz CT molecular complexity index is 397. The minimum atomic E-state index is -0.188. The first kappa shape index (κ1) is 13.9. The first-order valence-electron chi connectivity index (χ1n) is 6.61. The second-order valence-corrected chi connectivity index (χ2v) is 6.76. The third kappa shape index (κ3) is 2.87. The Hall–Kier alpha value is -0.570. The van der Waals surface area contributed by atoms with Gasteiger partial charge in [-0.1, -0.05) is 23.7 Å². The van der Waals surface area contributed by atoms with Gasteiger partial charge in [-0.15, -0.1) is 0 Å². The second kappa shape index (κ2) is 4.84. The fraction of sp³-hybridized carbons (Fsp3) is 0.600. The molecule has 0 unspecified atom stereocenters. The predicted molar refractivity (Wildman–Crippen MR) is 77.9 cm³/mol. The summed E-state index contributed by atoms with van der Waals surface area (Å²) in [5.74, 6) is 0. The average Bonchev–Trinajstić information content (AvgIpc) is 2.29. The summed E-state index contributed by atoms with van der Waals surface area (Å²) in [6.45, 7) is 8.90. The van der Waals surface area contributed by atoms with Crippen LogP contribution >= 0.6 is 11.6 Å². The molecule has 0 aliphatic carbocycles. The number of piperidine rings is 1. The zero-order valence-corrected chi connectivity index (χ0v) is 12.3. The smallest absolute Gasteiger partial charge is 0.0434 e. The second-order valence-electron chi connectivity index (χ2n) is 6.32. The number of benzene rings is 1. The van der Waals surface area contributed by atoms with Crippen molar-refractivity contribution in [1.29, 1.82) is 0 Å². The summed E-state index contributed by atoms with van der Waals surface area (Å²) in [4.78, 5) is 2.51. The zero-order chi connectivity index (χ0) is 13.4. The molecule has 100 valence electrons. The van der Waals surface area contributed by atoms with Gasteiger partial charge in [-0.05, 0) is 51.3 Å². The van der Waals surface area contributed by atoms with Crippen molar-refractivity contribution >= 4 is 11.6 Å². The maximum atomic E-state index is 6.57. The number of rotatable bonds is 1. The van der Waals surface area contributed by atoms with Gasteiger partial charge in [-0.2, -0.15) is 0 Å². The van der Waals surface area contributed by atoms with Crippen molar-refractivity contribution in [3.8, 4) is 0 Å². The Labute approximate surface area is 115 Å². The van der Waals surface area contributed by atoms with Crippen molar-refractivity contribution < 1.29 is 0 Å². The highest BCUT2D eigenvalue weighted by Crippen LogP contribution is 2.33. The molecule has 0 saturated carbocycles. The van der Waals surface area contributed by atoms with Crippen molar-refractivity contribution in [3.05, 3.63) is 34.9 Å². The molecule has 0 bridgehead atoms. The normalized spacial score (nSPS) is 20.9. The number of hydrogen-bond acceptors (Lipinski definition) is 2. The third-order valence-electron chi connectivity index (χ3n) is 4.02. The van der Waals surface area contributed by atoms with Crippen LogP contribution in [0.15, 0.2) is 24.3 Å². The number of likely N-dealkylation sites (tertiary alicyclic amines) is 1. The summed E-state index contributed by atoms with van der Waals surface area (Å²) in [5.41, 5.74) is 7.82. The fourth-order valence-electron chi connectivity index (χ4n) is 2.65. The summed E-state index contributed by atoms with van der Waals surface area (Å²) in [5, 5.41) is 0.773. The molecule has 3 heteroatoms. The van der Waals surface area contributed by atoms with E-state index in [1.807, 2.05) is 12.1 Å². The van der Waals surface area contributed by atoms with Crippen LogP contribution in [0.5, 0.6) is 0 Å². The Morgan fingerprint density at radius 2 is 1.61 bits per heavy atom. The number of hydrogen-bond donors (Lipinski definition) is 1. The standard InChI is InChI=1S/C15H23ClN2/c1-14(2,3)18-10-8-15(17,9-11-18)12-4-6-13(16)7-5-12/h4-7H,8-11,17H2,1-3H3. The van der Waals surface area contributed by atoms with Crippen LogP contribution in [0, 0.1) is 0 Å². The van der Waals surface area contributed by atoms with Crippen LogP contribution in [0.25, 0.3) is 0 Å². The van der Waals surface area contributed by atoms with Crippen LogP contribution in [-0.2, 0) is 5.54 Å². The number of halogens is 1. The molecule has 1 fully saturated rings. The van der Waals surface area contributed by atoms with E-state index < -0.39 is 0 Å². The fourth-order valence-corrected chi connectivity index (χ4v) is 2.77. The van der Waals surface area contributed by atoms with E-state index in [1.54, 1.807) is 0 Å². The molecular formula is C15H23ClN2. The minimum Gasteiger partial charge on any atom is -0.321 e. The summed E-state index contributed by atoms with van der Waals surface area (Å²) in [6, 6.07) is 7.99. The van der Waals surface area contributed by atoms with Crippen LogP contribution in [0.3, 0.4) is 0 Å². The summed E-state index contributed by atoms with van der Waals surface area (Å²) < 4.78 is 0. The van der Waals surface area contributed by atoms with E-state index in [1.165, 1.54) is 5.56 Å². The summed E-state index contributed by atoms with van der Waals surface area (Å²) in [6.07, 6.45) is 2.01. The van der Waals surface area contributed by atoms with Gasteiger partial charge in [0.2, 0.25) is 0 Å². The molecule has 1 heterocycles. The van der Waals surface area contributed by atoms with E-state index >= 15 is 0 Å². The van der Waals surface area contributed by atoms with Gasteiger partial charge in [-0.25, -0.2) is 0 Å². The van der Waals surface area contributed by atoms with E-state index in [0.717, 1.165) is 31.0 Å². The van der Waals surface area contributed by atoms with Crippen molar-refractivity contribution in [2.75, 3.05) is 13.1 Å². The highest BCUT2D eigenvalue weighted by molar-refractivity contribution is 6.30. The van der Waals surface area contributed by atoms with E-state index in [2.05, 4.69) is 37.8 Å². The molecule has 18 heavy (non-hydrogen) atoms. The highest BCUT2D eigenvalue weighted by Gasteiger charge is 2.35. The zero-order valence-electron chi connectivity index (χ0n) is 11.5. The lowest BCUT2D eigenvalue weighted by atomic mass is 9.81. The summed E-state index contributed by atoms with van der Waals surface area (Å²) >= 11 is 5.93. The van der Waals surface area contributed by atoms with Crippen LogP contribution in [0.4, 0.5) is 0 Å². The van der Waals surface area contributed by atoms with Crippen LogP contribution in [0.1, 0.15) is 39.2 Å². The molecule has 2 rings (SSSR count). The number of nitrogens with zero attached hydrogens (tertiary/aromatic N) is 1. The van der Waals surface area contributed by atoms with Gasteiger partial charge in [0.25, 0.3) is 0 Å². The molecule has 2 nitrogen and oxygen atoms in total. The molecule has 1 saturated heterocycles. The molecule has 0 radical (unpaired) electrons. The van der Waals surface area contributed by atoms with E-state index in [9.17, 15) is 0 Å². The third-order valence-corrected chi connectivity index (χ3v) is 4.28. The summed E-state index contributed by atoms with van der Waals surface area (Å²) in [7, 11) is 0. The largest absolute Gasteiger partial charge is 0.321 e. The molecule has 1 aromatic rings. The topological polar surface area (TPSA) is 29.3 Å². The quantitative estimate of drug-likeness (QED) is 0.844. The maximum Gasteiger partial charge on any atom is 0.0434 e. The lowest BCUT2D eigenvalue weighted by molar-refractivity contribution is 0.0758. The van der Waals surface area contributed by atoms with Gasteiger partial charge < -0.3 is 5.73 Å². The first-order chi connectivity index (χ1) is 8.31. The molecule has 1 aromatic carbocycles. The van der Waals surface area contributed by atoms with Gasteiger partial charge in [-0.3, -0.25) is 4.90 Å². The van der Waals surface area contributed by atoms with Gasteiger partial charge >= 0.3 is 0 Å². The lowest BCUT2D eigenvalue weighted by Gasteiger charge is -2.45. The SMILES string of the molecule is CC(C)(C)N1CCC(N)(c2ccc(Cl)cc2)CC1. The lowest BCUT2D eigenvalue weighted by Crippen LogP contribution is -2.53. The Balaban J connectivity index is 2.10. The van der Waals surface area contributed by atoms with Crippen LogP contribution < -0.4 is 5.73 Å². The Morgan fingerprint density at radius 3 is 2.06 bits per heavy atom. The van der Waals surface area contributed by atoms with Gasteiger partial charge in [0.15, 0.2) is 0 Å². The number of nitrogens with two attached hydrogens (primary N) is 1. The van der Waals surface area contributed by atoms with Crippen molar-refractivity contribution in [2.24, 2.45) is 5.73 Å². The average molecular weight is 267 g/mol. The molecule has 1 aliphatic rings. The molecule has 0 amide bonds. The van der Waals surface area contributed by atoms with Gasteiger partial charge in [0.05, 0.1) is 0 Å². The first-order valence-corrected chi connectivity index (χ1v) is 6.99. The minimum absolute atomic E-state index is 0.188. The van der Waals surface area contributed by atoms with Crippen molar-refractivity contribution in [2.45, 2.75) is 44.7 Å². The maximum absolute atomic E-state index is 6.57. The molecule has 0 aromatic heterocycles. The van der Waals surface area contributed by atoms with Gasteiger partial charge in [0, 0.05) is 29.2 Å². The van der Waals surface area contributed by atoms with Crippen molar-refractivity contribution in [3.63, 3.8) is 0 Å². The van der Waals surface area contributed by atoms with Gasteiger partial charge in [0.1, 0.15) is 0 Å². The molecule has 0 atom stereocenters. The van der Waals surface area contributed by atoms with Crippen LogP contribution in [0.2, 0.25) is 5.02 Å². The Kier molecular flexibility index (Phi) is 3.72. The van der Waals surface area contributed by atoms with E-state index in [-0.39, 0.29) is 11.1 Å². The Morgan fingerprint density at radius 1 is 1.11 bits per heavy atom. The van der Waals surface area contributed by atoms with Crippen molar-refractivity contribution in [1.82, 2.24) is 4.90 Å². The van der Waals surface area contributed by atoms with Crippen LogP contribution in [-0.4, -0.2) is 23.5 Å². The molecule has 2 N–H and O–H groups in total. The predicted octanol–water partition coefficient (Wildman–Crippen LogP) is 3.39. The van der Waals surface area contributed by atoms with E-state index in [4.69, 9.17) is 17.3 Å². The molecule has 0 spiro atoms. The molecular weight excluding hydrogens is 244 g/mol. The highest BCUT2D eigenvalue weighted by atomic mass is 35.5. The van der Waals surface area contributed by atoms with E-state index in [0.29, 0.717) is 0 Å². The molecule has 1 aliphatic heterocycles. The monoisotopic (exact) mass is 266 g/mol.